The highest BCUT2D eigenvalue weighted by Crippen LogP contribution is 2.50. The number of aliphatic hydroxyl groups is 1. The summed E-state index contributed by atoms with van der Waals surface area (Å²) in [6.45, 7) is 3.70. The van der Waals surface area contributed by atoms with Gasteiger partial charge in [-0.2, -0.15) is 26.3 Å². The molecule has 0 aliphatic rings. The number of ether oxygens (including phenoxy) is 3. The topological polar surface area (TPSA) is 103 Å². The van der Waals surface area contributed by atoms with Crippen molar-refractivity contribution >= 4 is 5.91 Å². The first-order valence-corrected chi connectivity index (χ1v) is 12.2. The highest BCUT2D eigenvalue weighted by molar-refractivity contribution is 5.84. The highest BCUT2D eigenvalue weighted by atomic mass is 19.4. The molecule has 0 aliphatic heterocycles. The number of nitrogens with two attached hydrogens (primary N) is 1. The number of hydrogen-bond acceptors (Lipinski definition) is 6. The molecule has 0 aromatic heterocycles. The van der Waals surface area contributed by atoms with Crippen molar-refractivity contribution < 1.29 is 50.5 Å². The molecule has 0 saturated heterocycles. The summed E-state index contributed by atoms with van der Waals surface area (Å²) in [6, 6.07) is 2.91. The maximum absolute atomic E-state index is 13.2. The van der Waals surface area contributed by atoms with Crippen molar-refractivity contribution in [3.05, 3.63) is 23.8 Å². The summed E-state index contributed by atoms with van der Waals surface area (Å²) in [5.41, 5.74) is 2.32. The molecule has 1 rings (SSSR count). The van der Waals surface area contributed by atoms with E-state index in [1.165, 1.54) is 7.11 Å². The molecule has 0 aliphatic carbocycles. The van der Waals surface area contributed by atoms with E-state index in [9.17, 15) is 36.2 Å². The molecule has 0 fully saturated rings. The number of carbonyl (C=O) groups is 1. The molecule has 4 N–H and O–H groups in total. The lowest BCUT2D eigenvalue weighted by Gasteiger charge is -2.35. The van der Waals surface area contributed by atoms with Gasteiger partial charge in [0.1, 0.15) is 0 Å². The lowest BCUT2D eigenvalue weighted by molar-refractivity contribution is -0.319. The summed E-state index contributed by atoms with van der Waals surface area (Å²) in [4.78, 5) is 12.1. The second kappa shape index (κ2) is 14.2. The van der Waals surface area contributed by atoms with Crippen LogP contribution in [0.4, 0.5) is 26.3 Å². The fourth-order valence-corrected chi connectivity index (χ4v) is 3.82. The Hall–Kier alpha value is -2.25. The first-order chi connectivity index (χ1) is 17.5. The van der Waals surface area contributed by atoms with Crippen molar-refractivity contribution in [3.8, 4) is 11.5 Å². The van der Waals surface area contributed by atoms with E-state index in [-0.39, 0.29) is 19.3 Å². The highest BCUT2D eigenvalue weighted by Gasteiger charge is 2.72. The third kappa shape index (κ3) is 8.63. The van der Waals surface area contributed by atoms with E-state index in [0.29, 0.717) is 44.0 Å². The van der Waals surface area contributed by atoms with Crippen molar-refractivity contribution in [2.75, 3.05) is 27.4 Å². The van der Waals surface area contributed by atoms with Crippen molar-refractivity contribution in [2.24, 2.45) is 17.1 Å². The first-order valence-electron chi connectivity index (χ1n) is 12.2. The number of methoxy groups -OCH3 is 2. The van der Waals surface area contributed by atoms with Gasteiger partial charge in [-0.15, -0.1) is 0 Å². The Labute approximate surface area is 219 Å². The number of benzene rings is 1. The molecule has 13 heteroatoms. The molecule has 0 spiro atoms. The summed E-state index contributed by atoms with van der Waals surface area (Å²) < 4.78 is 95.2. The van der Waals surface area contributed by atoms with Gasteiger partial charge in [0.15, 0.2) is 11.5 Å². The molecule has 7 nitrogen and oxygen atoms in total. The van der Waals surface area contributed by atoms with Gasteiger partial charge in [0.05, 0.1) is 25.9 Å². The zero-order valence-corrected chi connectivity index (χ0v) is 22.2. The summed E-state index contributed by atoms with van der Waals surface area (Å²) >= 11 is 0. The predicted molar refractivity (Wildman–Crippen MR) is 129 cm³/mol. The summed E-state index contributed by atoms with van der Waals surface area (Å²) in [5.74, 6) is -1.32. The average Bonchev–Trinajstić information content (AvgIpc) is 2.83. The second-order valence-electron chi connectivity index (χ2n) is 9.43. The number of aliphatic hydroxyl groups excluding tert-OH is 1. The van der Waals surface area contributed by atoms with E-state index in [0.717, 1.165) is 12.5 Å². The van der Waals surface area contributed by atoms with E-state index in [4.69, 9.17) is 19.9 Å². The van der Waals surface area contributed by atoms with Crippen LogP contribution < -0.4 is 20.5 Å². The van der Waals surface area contributed by atoms with Gasteiger partial charge in [-0.05, 0) is 50.3 Å². The van der Waals surface area contributed by atoms with Crippen LogP contribution >= 0.6 is 0 Å². The van der Waals surface area contributed by atoms with E-state index in [1.807, 2.05) is 19.1 Å². The molecule has 0 saturated carbocycles. The largest absolute Gasteiger partial charge is 0.493 e. The van der Waals surface area contributed by atoms with Crippen LogP contribution in [0, 0.1) is 11.3 Å². The molecular formula is C25H38F6N2O5. The van der Waals surface area contributed by atoms with Crippen LogP contribution in [0.3, 0.4) is 0 Å². The number of alkyl halides is 6. The molecule has 0 heterocycles. The Balaban J connectivity index is 2.89. The quantitative estimate of drug-likeness (QED) is 0.217. The zero-order chi connectivity index (χ0) is 29.3. The minimum absolute atomic E-state index is 0.0899. The maximum Gasteiger partial charge on any atom is 0.411 e. The molecule has 0 radical (unpaired) electrons. The Morgan fingerprint density at radius 1 is 1.08 bits per heavy atom. The van der Waals surface area contributed by atoms with Gasteiger partial charge in [0.25, 0.3) is 0 Å². The minimum Gasteiger partial charge on any atom is -0.493 e. The van der Waals surface area contributed by atoms with E-state index < -0.39 is 41.9 Å². The SMILES string of the molecule is CC[C@@H](Cc1ccc(OC)c(OCCCOC)c1)C[C@H](N)[C@H](O)C(C)NC(=O)C(C)(C(F)(F)F)C(F)(F)F. The van der Waals surface area contributed by atoms with Gasteiger partial charge in [-0.25, -0.2) is 0 Å². The maximum atomic E-state index is 13.2. The minimum atomic E-state index is -5.89. The number of hydrogen-bond donors (Lipinski definition) is 3. The molecule has 1 aromatic rings. The van der Waals surface area contributed by atoms with Crippen LogP contribution in [0.5, 0.6) is 11.5 Å². The monoisotopic (exact) mass is 560 g/mol. The van der Waals surface area contributed by atoms with E-state index in [2.05, 4.69) is 0 Å². The third-order valence-electron chi connectivity index (χ3n) is 6.58. The van der Waals surface area contributed by atoms with Crippen molar-refractivity contribution in [1.82, 2.24) is 5.32 Å². The van der Waals surface area contributed by atoms with Crippen LogP contribution in [0.2, 0.25) is 0 Å². The van der Waals surface area contributed by atoms with Gasteiger partial charge in [-0.1, -0.05) is 19.4 Å². The molecule has 1 unspecified atom stereocenters. The Kier molecular flexibility index (Phi) is 12.6. The van der Waals surface area contributed by atoms with Gasteiger partial charge in [0, 0.05) is 26.2 Å². The normalized spacial score (nSPS) is 15.9. The van der Waals surface area contributed by atoms with Gasteiger partial charge >= 0.3 is 12.4 Å². The van der Waals surface area contributed by atoms with Crippen LogP contribution in [0.1, 0.15) is 45.6 Å². The van der Waals surface area contributed by atoms with Crippen molar-refractivity contribution in [1.29, 1.82) is 0 Å². The molecular weight excluding hydrogens is 522 g/mol. The van der Waals surface area contributed by atoms with Crippen molar-refractivity contribution in [2.45, 2.75) is 77.0 Å². The molecule has 1 aromatic carbocycles. The summed E-state index contributed by atoms with van der Waals surface area (Å²) in [5, 5.41) is 12.2. The van der Waals surface area contributed by atoms with Crippen LogP contribution in [-0.2, 0) is 16.0 Å². The van der Waals surface area contributed by atoms with Crippen LogP contribution in [-0.4, -0.2) is 69.0 Å². The van der Waals surface area contributed by atoms with E-state index in [1.54, 1.807) is 18.5 Å². The van der Waals surface area contributed by atoms with Crippen LogP contribution in [0.15, 0.2) is 18.2 Å². The van der Waals surface area contributed by atoms with Gasteiger partial charge in [-0.3, -0.25) is 4.79 Å². The summed E-state index contributed by atoms with van der Waals surface area (Å²) in [6.07, 6.45) is -11.4. The smallest absolute Gasteiger partial charge is 0.411 e. The number of nitrogens with one attached hydrogen (secondary N) is 1. The van der Waals surface area contributed by atoms with E-state index >= 15 is 0 Å². The standard InChI is InChI=1S/C25H38F6N2O5/c1-6-16(12-17-8-9-19(37-5)20(14-17)38-11-7-10-36-4)13-18(32)21(34)15(2)33-22(35)23(3,24(26,27)28)25(29,30)31/h8-9,14-16,18,21,34H,6-7,10-13,32H2,1-5H3,(H,33,35)/t15?,16-,18-,21+/m0/s1. The fraction of sp³-hybridized carbons (Fsp3) is 0.720. The van der Waals surface area contributed by atoms with Gasteiger partial charge in [0.2, 0.25) is 11.3 Å². The molecule has 220 valence electrons. The lowest BCUT2D eigenvalue weighted by atomic mass is 9.86. The average molecular weight is 561 g/mol. The Morgan fingerprint density at radius 2 is 1.68 bits per heavy atom. The lowest BCUT2D eigenvalue weighted by Crippen LogP contribution is -2.61. The van der Waals surface area contributed by atoms with Crippen molar-refractivity contribution in [3.63, 3.8) is 0 Å². The second-order valence-corrected chi connectivity index (χ2v) is 9.43. The fourth-order valence-electron chi connectivity index (χ4n) is 3.82. The van der Waals surface area contributed by atoms with Gasteiger partial charge < -0.3 is 30.4 Å². The zero-order valence-electron chi connectivity index (χ0n) is 22.2. The number of rotatable bonds is 15. The number of carbonyl (C=O) groups excluding carboxylic acids is 1. The predicted octanol–water partition coefficient (Wildman–Crippen LogP) is 4.39. The Bertz CT molecular complexity index is 867. The molecule has 4 atom stereocenters. The third-order valence-corrected chi connectivity index (χ3v) is 6.58. The number of halogens is 6. The molecule has 0 bridgehead atoms. The molecule has 1 amide bonds. The summed E-state index contributed by atoms with van der Waals surface area (Å²) in [7, 11) is 3.10. The Morgan fingerprint density at radius 3 is 2.18 bits per heavy atom. The van der Waals surface area contributed by atoms with Crippen LogP contribution in [0.25, 0.3) is 0 Å². The first kappa shape index (κ1) is 33.8. The molecule has 38 heavy (non-hydrogen) atoms. The number of amides is 1.